The van der Waals surface area contributed by atoms with Crippen molar-refractivity contribution in [3.8, 4) is 24.7 Å². The minimum absolute atomic E-state index is 0.163. The third-order valence-electron chi connectivity index (χ3n) is 2.52. The van der Waals surface area contributed by atoms with Crippen LogP contribution in [-0.2, 0) is 12.8 Å². The van der Waals surface area contributed by atoms with Gasteiger partial charge in [-0.1, -0.05) is 0 Å². The number of hydrogen-bond acceptors (Lipinski definition) is 2. The lowest BCUT2D eigenvalue weighted by Gasteiger charge is -2.12. The summed E-state index contributed by atoms with van der Waals surface area (Å²) in [6, 6.07) is 2.88. The normalized spacial score (nSPS) is 9.22. The average Bonchev–Trinajstić information content (AvgIpc) is 2.30. The van der Waals surface area contributed by atoms with Crippen LogP contribution in [0.25, 0.3) is 0 Å². The first-order chi connectivity index (χ1) is 8.52. The molecule has 2 amide bonds. The average molecular weight is 240 g/mol. The Bertz CT molecular complexity index is 536. The van der Waals surface area contributed by atoms with Gasteiger partial charge < -0.3 is 11.5 Å². The summed E-state index contributed by atoms with van der Waals surface area (Å²) in [6.45, 7) is 0. The maximum Gasteiger partial charge on any atom is 0.249 e. The molecule has 0 unspecified atom stereocenters. The number of benzene rings is 1. The van der Waals surface area contributed by atoms with Gasteiger partial charge in [-0.15, -0.1) is 24.7 Å². The molecule has 4 nitrogen and oxygen atoms in total. The number of rotatable bonds is 4. The second-order valence-electron chi connectivity index (χ2n) is 3.61. The monoisotopic (exact) mass is 240 g/mol. The fourth-order valence-corrected chi connectivity index (χ4v) is 1.76. The summed E-state index contributed by atoms with van der Waals surface area (Å²) < 4.78 is 0. The SMILES string of the molecule is C#CCc1c(C(N)=O)ccc(C(N)=O)c1CC#C. The van der Waals surface area contributed by atoms with E-state index in [0.29, 0.717) is 11.1 Å². The quantitative estimate of drug-likeness (QED) is 0.738. The number of nitrogens with two attached hydrogens (primary N) is 2. The van der Waals surface area contributed by atoms with E-state index in [9.17, 15) is 9.59 Å². The van der Waals surface area contributed by atoms with Gasteiger partial charge in [-0.3, -0.25) is 9.59 Å². The molecule has 0 aromatic heterocycles. The van der Waals surface area contributed by atoms with Gasteiger partial charge >= 0.3 is 0 Å². The van der Waals surface area contributed by atoms with Gasteiger partial charge in [0.1, 0.15) is 0 Å². The highest BCUT2D eigenvalue weighted by molar-refractivity contribution is 5.99. The predicted molar refractivity (Wildman–Crippen MR) is 68.6 cm³/mol. The number of carbonyl (C=O) groups is 2. The van der Waals surface area contributed by atoms with Gasteiger partial charge in [-0.2, -0.15) is 0 Å². The summed E-state index contributed by atoms with van der Waals surface area (Å²) >= 11 is 0. The molecule has 0 fully saturated rings. The zero-order chi connectivity index (χ0) is 13.7. The maximum absolute atomic E-state index is 11.3. The van der Waals surface area contributed by atoms with Crippen LogP contribution in [0.15, 0.2) is 12.1 Å². The topological polar surface area (TPSA) is 86.2 Å². The lowest BCUT2D eigenvalue weighted by molar-refractivity contribution is 0.0987. The minimum Gasteiger partial charge on any atom is -0.366 e. The van der Waals surface area contributed by atoms with Gasteiger partial charge in [0.25, 0.3) is 0 Å². The third-order valence-corrected chi connectivity index (χ3v) is 2.52. The molecule has 0 bridgehead atoms. The van der Waals surface area contributed by atoms with Crippen LogP contribution in [0.2, 0.25) is 0 Å². The second-order valence-corrected chi connectivity index (χ2v) is 3.61. The molecule has 1 rings (SSSR count). The Morgan fingerprint density at radius 1 is 0.944 bits per heavy atom. The van der Waals surface area contributed by atoms with Crippen molar-refractivity contribution in [2.24, 2.45) is 11.5 Å². The van der Waals surface area contributed by atoms with Gasteiger partial charge in [0.2, 0.25) is 11.8 Å². The van der Waals surface area contributed by atoms with E-state index in [4.69, 9.17) is 24.3 Å². The lowest BCUT2D eigenvalue weighted by Crippen LogP contribution is -2.20. The van der Waals surface area contributed by atoms with Crippen LogP contribution in [0.5, 0.6) is 0 Å². The molecule has 90 valence electrons. The Morgan fingerprint density at radius 2 is 1.28 bits per heavy atom. The van der Waals surface area contributed by atoms with E-state index in [0.717, 1.165) is 0 Å². The van der Waals surface area contributed by atoms with Crippen LogP contribution in [-0.4, -0.2) is 11.8 Å². The molecule has 0 heterocycles. The second kappa shape index (κ2) is 5.56. The molecule has 0 atom stereocenters. The first-order valence-corrected chi connectivity index (χ1v) is 5.14. The molecule has 4 N–H and O–H groups in total. The van der Waals surface area contributed by atoms with Gasteiger partial charge in [0.05, 0.1) is 0 Å². The van der Waals surface area contributed by atoms with Gasteiger partial charge in [-0.25, -0.2) is 0 Å². The number of carbonyl (C=O) groups excluding carboxylic acids is 2. The summed E-state index contributed by atoms with van der Waals surface area (Å²) in [5, 5.41) is 0. The first-order valence-electron chi connectivity index (χ1n) is 5.14. The zero-order valence-electron chi connectivity index (χ0n) is 9.69. The fourth-order valence-electron chi connectivity index (χ4n) is 1.76. The summed E-state index contributed by atoms with van der Waals surface area (Å²) in [5.74, 6) is 3.60. The van der Waals surface area contributed by atoms with E-state index in [1.54, 1.807) is 0 Å². The minimum atomic E-state index is -0.616. The Morgan fingerprint density at radius 3 is 1.50 bits per heavy atom. The summed E-state index contributed by atoms with van der Waals surface area (Å²) in [4.78, 5) is 22.6. The third kappa shape index (κ3) is 2.50. The molecule has 1 aromatic carbocycles. The van der Waals surface area contributed by atoms with Gasteiger partial charge in [-0.05, 0) is 23.3 Å². The first kappa shape index (κ1) is 13.3. The lowest BCUT2D eigenvalue weighted by atomic mass is 9.91. The van der Waals surface area contributed by atoms with E-state index in [1.165, 1.54) is 12.1 Å². The van der Waals surface area contributed by atoms with E-state index in [1.807, 2.05) is 0 Å². The number of hydrogen-bond donors (Lipinski definition) is 2. The molecule has 0 aliphatic carbocycles. The zero-order valence-corrected chi connectivity index (χ0v) is 9.69. The van der Waals surface area contributed by atoms with Crippen molar-refractivity contribution in [1.82, 2.24) is 0 Å². The van der Waals surface area contributed by atoms with Crippen LogP contribution in [0, 0.1) is 24.7 Å². The van der Waals surface area contributed by atoms with E-state index in [2.05, 4.69) is 11.8 Å². The Kier molecular flexibility index (Phi) is 4.12. The van der Waals surface area contributed by atoms with Gasteiger partial charge in [0.15, 0.2) is 0 Å². The number of terminal acetylenes is 2. The Balaban J connectivity index is 3.60. The molecular weight excluding hydrogens is 228 g/mol. The van der Waals surface area contributed by atoms with Crippen molar-refractivity contribution in [3.05, 3.63) is 34.4 Å². The molecule has 0 spiro atoms. The molecule has 0 saturated heterocycles. The predicted octanol–water partition coefficient (Wildman–Crippen LogP) is 0.236. The number of amides is 2. The van der Waals surface area contributed by atoms with Crippen LogP contribution in [0.1, 0.15) is 31.8 Å². The van der Waals surface area contributed by atoms with Crippen molar-refractivity contribution >= 4 is 11.8 Å². The van der Waals surface area contributed by atoms with Crippen molar-refractivity contribution in [2.75, 3.05) is 0 Å². The standard InChI is InChI=1S/C14H12N2O2/c1-3-5-9-10(6-4-2)12(14(16)18)8-7-11(9)13(15)17/h1-2,7-8H,5-6H2,(H2,15,17)(H2,16,18). The fraction of sp³-hybridized carbons (Fsp3) is 0.143. The molecular formula is C14H12N2O2. The van der Waals surface area contributed by atoms with E-state index in [-0.39, 0.29) is 24.0 Å². The molecule has 4 heteroatoms. The van der Waals surface area contributed by atoms with Crippen molar-refractivity contribution < 1.29 is 9.59 Å². The van der Waals surface area contributed by atoms with Crippen molar-refractivity contribution in [3.63, 3.8) is 0 Å². The Labute approximate surface area is 105 Å². The molecule has 1 aromatic rings. The summed E-state index contributed by atoms with van der Waals surface area (Å²) in [5.41, 5.74) is 12.1. The van der Waals surface area contributed by atoms with Gasteiger partial charge in [0, 0.05) is 24.0 Å². The molecule has 0 aliphatic rings. The van der Waals surface area contributed by atoms with Crippen molar-refractivity contribution in [2.45, 2.75) is 12.8 Å². The highest BCUT2D eigenvalue weighted by Gasteiger charge is 2.17. The maximum atomic E-state index is 11.3. The largest absolute Gasteiger partial charge is 0.366 e. The van der Waals surface area contributed by atoms with Crippen LogP contribution >= 0.6 is 0 Å². The van der Waals surface area contributed by atoms with Crippen LogP contribution < -0.4 is 11.5 Å². The molecule has 0 saturated carbocycles. The number of primary amides is 2. The molecule has 0 aliphatic heterocycles. The molecule has 18 heavy (non-hydrogen) atoms. The van der Waals surface area contributed by atoms with Crippen LogP contribution in [0.3, 0.4) is 0 Å². The smallest absolute Gasteiger partial charge is 0.249 e. The Hall–Kier alpha value is -2.72. The molecule has 0 radical (unpaired) electrons. The summed E-state index contributed by atoms with van der Waals surface area (Å²) in [6.07, 6.45) is 10.8. The highest BCUT2D eigenvalue weighted by Crippen LogP contribution is 2.20. The highest BCUT2D eigenvalue weighted by atomic mass is 16.1. The van der Waals surface area contributed by atoms with Crippen molar-refractivity contribution in [1.29, 1.82) is 0 Å². The van der Waals surface area contributed by atoms with E-state index >= 15 is 0 Å². The van der Waals surface area contributed by atoms with E-state index < -0.39 is 11.8 Å². The summed E-state index contributed by atoms with van der Waals surface area (Å²) in [7, 11) is 0. The van der Waals surface area contributed by atoms with Crippen LogP contribution in [0.4, 0.5) is 0 Å².